The Balaban J connectivity index is 2.10. The molecule has 0 unspecified atom stereocenters. The molecule has 0 aliphatic heterocycles. The number of amides is 2. The summed E-state index contributed by atoms with van der Waals surface area (Å²) in [4.78, 5) is 22.8. The van der Waals surface area contributed by atoms with Gasteiger partial charge in [0.05, 0.1) is 11.3 Å². The second kappa shape index (κ2) is 6.41. The van der Waals surface area contributed by atoms with Crippen LogP contribution in [0.25, 0.3) is 0 Å². The van der Waals surface area contributed by atoms with E-state index in [0.29, 0.717) is 15.8 Å². The van der Waals surface area contributed by atoms with Crippen LogP contribution in [0.15, 0.2) is 46.9 Å². The van der Waals surface area contributed by atoms with E-state index in [0.717, 1.165) is 5.56 Å². The van der Waals surface area contributed by atoms with E-state index in [9.17, 15) is 9.59 Å². The number of urea groups is 1. The second-order valence-corrected chi connectivity index (χ2v) is 5.25. The predicted octanol–water partition coefficient (Wildman–Crippen LogP) is 4.10. The predicted molar refractivity (Wildman–Crippen MR) is 84.9 cm³/mol. The van der Waals surface area contributed by atoms with E-state index in [1.54, 1.807) is 6.07 Å². The van der Waals surface area contributed by atoms with Gasteiger partial charge >= 0.3 is 12.0 Å². The van der Waals surface area contributed by atoms with Gasteiger partial charge in [-0.25, -0.2) is 9.59 Å². The van der Waals surface area contributed by atoms with Gasteiger partial charge in [0, 0.05) is 10.2 Å². The van der Waals surface area contributed by atoms with E-state index < -0.39 is 12.0 Å². The van der Waals surface area contributed by atoms with Crippen LogP contribution in [0.4, 0.5) is 16.2 Å². The lowest BCUT2D eigenvalue weighted by atomic mass is 10.2. The van der Waals surface area contributed by atoms with Crippen LogP contribution in [0.3, 0.4) is 0 Å². The number of carbonyl (C=O) groups excluding carboxylic acids is 1. The zero-order valence-corrected chi connectivity index (χ0v) is 12.8. The molecular weight excluding hydrogens is 336 g/mol. The third kappa shape index (κ3) is 3.82. The molecule has 5 nitrogen and oxygen atoms in total. The van der Waals surface area contributed by atoms with E-state index in [1.807, 2.05) is 25.1 Å². The molecule has 0 heterocycles. The van der Waals surface area contributed by atoms with Gasteiger partial charge < -0.3 is 15.7 Å². The number of aryl methyl sites for hydroxylation is 1. The molecule has 0 aliphatic rings. The number of aromatic carboxylic acids is 1. The summed E-state index contributed by atoms with van der Waals surface area (Å²) < 4.78 is 0.502. The van der Waals surface area contributed by atoms with E-state index in [2.05, 4.69) is 26.6 Å². The Morgan fingerprint density at radius 1 is 1.05 bits per heavy atom. The Kier molecular flexibility index (Phi) is 4.59. The van der Waals surface area contributed by atoms with Crippen LogP contribution < -0.4 is 10.6 Å². The molecule has 3 N–H and O–H groups in total. The number of para-hydroxylation sites is 1. The van der Waals surface area contributed by atoms with E-state index in [4.69, 9.17) is 5.11 Å². The highest BCUT2D eigenvalue weighted by atomic mass is 79.9. The van der Waals surface area contributed by atoms with Crippen molar-refractivity contribution in [3.05, 3.63) is 58.1 Å². The molecule has 0 aromatic heterocycles. The summed E-state index contributed by atoms with van der Waals surface area (Å²) in [5, 5.41) is 14.3. The van der Waals surface area contributed by atoms with Crippen molar-refractivity contribution in [2.24, 2.45) is 0 Å². The van der Waals surface area contributed by atoms with Crippen LogP contribution in [0.5, 0.6) is 0 Å². The van der Waals surface area contributed by atoms with Crippen molar-refractivity contribution in [2.45, 2.75) is 6.92 Å². The molecule has 0 saturated carbocycles. The highest BCUT2D eigenvalue weighted by molar-refractivity contribution is 9.10. The Bertz CT molecular complexity index is 701. The maximum absolute atomic E-state index is 11.9. The first-order valence-corrected chi connectivity index (χ1v) is 6.93. The summed E-state index contributed by atoms with van der Waals surface area (Å²) in [6, 6.07) is 11.4. The monoisotopic (exact) mass is 348 g/mol. The van der Waals surface area contributed by atoms with Gasteiger partial charge in [0.15, 0.2) is 0 Å². The van der Waals surface area contributed by atoms with E-state index in [-0.39, 0.29) is 5.56 Å². The number of hydrogen-bond donors (Lipinski definition) is 3. The molecule has 0 atom stereocenters. The van der Waals surface area contributed by atoms with Crippen LogP contribution in [0.1, 0.15) is 15.9 Å². The summed E-state index contributed by atoms with van der Waals surface area (Å²) >= 11 is 3.24. The van der Waals surface area contributed by atoms with E-state index in [1.165, 1.54) is 18.2 Å². The van der Waals surface area contributed by atoms with Crippen molar-refractivity contribution in [1.82, 2.24) is 0 Å². The number of carboxylic acid groups (broad SMARTS) is 1. The molecule has 0 spiro atoms. The van der Waals surface area contributed by atoms with Crippen molar-refractivity contribution < 1.29 is 14.7 Å². The van der Waals surface area contributed by atoms with Gasteiger partial charge in [0.25, 0.3) is 0 Å². The smallest absolute Gasteiger partial charge is 0.335 e. The van der Waals surface area contributed by atoms with Gasteiger partial charge in [-0.15, -0.1) is 0 Å². The van der Waals surface area contributed by atoms with Crippen LogP contribution in [-0.4, -0.2) is 17.1 Å². The standard InChI is InChI=1S/C15H13BrN2O3/c1-9-4-2-3-5-12(9)17-15(21)18-13-7-6-10(14(19)20)8-11(13)16/h2-8H,1H3,(H,19,20)(H2,17,18,21). The number of anilines is 2. The highest BCUT2D eigenvalue weighted by Gasteiger charge is 2.10. The van der Waals surface area contributed by atoms with Crippen LogP contribution in [0.2, 0.25) is 0 Å². The largest absolute Gasteiger partial charge is 0.478 e. The van der Waals surface area contributed by atoms with Crippen molar-refractivity contribution in [3.63, 3.8) is 0 Å². The molecule has 2 amide bonds. The summed E-state index contributed by atoms with van der Waals surface area (Å²) in [5.41, 5.74) is 2.30. The van der Waals surface area contributed by atoms with Crippen LogP contribution in [-0.2, 0) is 0 Å². The number of carboxylic acids is 1. The molecule has 2 aromatic rings. The second-order valence-electron chi connectivity index (χ2n) is 4.39. The van der Waals surface area contributed by atoms with Crippen molar-refractivity contribution >= 4 is 39.3 Å². The van der Waals surface area contributed by atoms with E-state index >= 15 is 0 Å². The Morgan fingerprint density at radius 3 is 2.33 bits per heavy atom. The minimum absolute atomic E-state index is 0.145. The maximum Gasteiger partial charge on any atom is 0.335 e. The third-order valence-electron chi connectivity index (χ3n) is 2.86. The Morgan fingerprint density at radius 2 is 1.71 bits per heavy atom. The normalized spacial score (nSPS) is 10.0. The quantitative estimate of drug-likeness (QED) is 0.781. The Hall–Kier alpha value is -2.34. The number of hydrogen-bond acceptors (Lipinski definition) is 2. The van der Waals surface area contributed by atoms with Gasteiger partial charge in [0.1, 0.15) is 0 Å². The zero-order chi connectivity index (χ0) is 15.4. The van der Waals surface area contributed by atoms with Gasteiger partial charge in [0.2, 0.25) is 0 Å². The maximum atomic E-state index is 11.9. The lowest BCUT2D eigenvalue weighted by molar-refractivity contribution is 0.0697. The number of benzene rings is 2. The zero-order valence-electron chi connectivity index (χ0n) is 11.2. The van der Waals surface area contributed by atoms with Crippen molar-refractivity contribution in [3.8, 4) is 0 Å². The highest BCUT2D eigenvalue weighted by Crippen LogP contribution is 2.24. The first kappa shape index (κ1) is 15.1. The SMILES string of the molecule is Cc1ccccc1NC(=O)Nc1ccc(C(=O)O)cc1Br. The summed E-state index contributed by atoms with van der Waals surface area (Å²) in [6.45, 7) is 1.90. The molecule has 0 saturated heterocycles. The molecule has 0 fully saturated rings. The summed E-state index contributed by atoms with van der Waals surface area (Å²) in [5.74, 6) is -1.02. The molecule has 2 aromatic carbocycles. The molecule has 0 radical (unpaired) electrons. The number of halogens is 1. The topological polar surface area (TPSA) is 78.4 Å². The van der Waals surface area contributed by atoms with Crippen molar-refractivity contribution in [2.75, 3.05) is 10.6 Å². The Labute approximate surface area is 130 Å². The lowest BCUT2D eigenvalue weighted by Gasteiger charge is -2.11. The van der Waals surface area contributed by atoms with Gasteiger partial charge in [-0.1, -0.05) is 18.2 Å². The third-order valence-corrected chi connectivity index (χ3v) is 3.51. The minimum Gasteiger partial charge on any atom is -0.478 e. The number of rotatable bonds is 3. The molecular formula is C15H13BrN2O3. The van der Waals surface area contributed by atoms with Gasteiger partial charge in [-0.05, 0) is 52.7 Å². The molecule has 0 aliphatic carbocycles. The first-order chi connectivity index (χ1) is 9.97. The molecule has 6 heteroatoms. The summed E-state index contributed by atoms with van der Waals surface area (Å²) in [7, 11) is 0. The average Bonchev–Trinajstić information content (AvgIpc) is 2.43. The fourth-order valence-corrected chi connectivity index (χ4v) is 2.22. The number of nitrogens with one attached hydrogen (secondary N) is 2. The molecule has 108 valence electrons. The van der Waals surface area contributed by atoms with Gasteiger partial charge in [-0.3, -0.25) is 0 Å². The molecule has 0 bridgehead atoms. The molecule has 2 rings (SSSR count). The van der Waals surface area contributed by atoms with Gasteiger partial charge in [-0.2, -0.15) is 0 Å². The number of carbonyl (C=O) groups is 2. The lowest BCUT2D eigenvalue weighted by Crippen LogP contribution is -2.20. The summed E-state index contributed by atoms with van der Waals surface area (Å²) in [6.07, 6.45) is 0. The first-order valence-electron chi connectivity index (χ1n) is 6.14. The minimum atomic E-state index is -1.02. The fourth-order valence-electron chi connectivity index (χ4n) is 1.74. The van der Waals surface area contributed by atoms with Crippen LogP contribution >= 0.6 is 15.9 Å². The van der Waals surface area contributed by atoms with Crippen LogP contribution in [0, 0.1) is 6.92 Å². The van der Waals surface area contributed by atoms with Crippen molar-refractivity contribution in [1.29, 1.82) is 0 Å². The fraction of sp³-hybridized carbons (Fsp3) is 0.0667. The molecule has 21 heavy (non-hydrogen) atoms. The average molecular weight is 349 g/mol.